The van der Waals surface area contributed by atoms with E-state index in [2.05, 4.69) is 10.6 Å². The zero-order chi connectivity index (χ0) is 22.1. The van der Waals surface area contributed by atoms with E-state index in [4.69, 9.17) is 9.88 Å². The highest BCUT2D eigenvalue weighted by Crippen LogP contribution is 2.13. The van der Waals surface area contributed by atoms with Crippen LogP contribution >= 0.6 is 12.4 Å². The second-order valence-electron chi connectivity index (χ2n) is 7.25. The summed E-state index contributed by atoms with van der Waals surface area (Å²) in [5, 5.41) is 20.9. The Bertz CT molecular complexity index is 919. The molecule has 31 heavy (non-hydrogen) atoms. The van der Waals surface area contributed by atoms with Gasteiger partial charge in [0.05, 0.1) is 4.90 Å². The maximum atomic E-state index is 12.3. The summed E-state index contributed by atoms with van der Waals surface area (Å²) >= 11 is 0. The molecule has 0 fully saturated rings. The second kappa shape index (κ2) is 12.6. The summed E-state index contributed by atoms with van der Waals surface area (Å²) in [7, 11) is -3.71. The van der Waals surface area contributed by atoms with Gasteiger partial charge in [-0.25, -0.2) is 13.6 Å². The molecular weight excluding hydrogens is 442 g/mol. The van der Waals surface area contributed by atoms with Crippen molar-refractivity contribution in [1.82, 2.24) is 10.6 Å². The lowest BCUT2D eigenvalue weighted by molar-refractivity contribution is 0.0953. The van der Waals surface area contributed by atoms with Crippen molar-refractivity contribution in [2.45, 2.75) is 37.3 Å². The van der Waals surface area contributed by atoms with Crippen LogP contribution in [0.1, 0.15) is 29.8 Å². The standard InChI is InChI=1S/C21H29N3O5S.ClH/c1-15(2)24-13-18(25)14-29-19-7-5-17(6-8-19)21(26)23-12-11-16-3-9-20(10-4-16)30(22,27)28;/h3-10,15,18,24-25H,11-14H2,1-2H3,(H,23,26)(H2,22,27,28);1H. The minimum atomic E-state index is -3.71. The molecule has 0 aliphatic rings. The first-order valence-electron chi connectivity index (χ1n) is 9.69. The molecule has 0 heterocycles. The highest BCUT2D eigenvalue weighted by molar-refractivity contribution is 7.89. The van der Waals surface area contributed by atoms with Gasteiger partial charge < -0.3 is 20.5 Å². The fourth-order valence-electron chi connectivity index (χ4n) is 2.59. The third-order valence-electron chi connectivity index (χ3n) is 4.27. The van der Waals surface area contributed by atoms with E-state index < -0.39 is 16.1 Å². The highest BCUT2D eigenvalue weighted by Gasteiger charge is 2.09. The molecule has 1 unspecified atom stereocenters. The monoisotopic (exact) mass is 471 g/mol. The molecule has 172 valence electrons. The van der Waals surface area contributed by atoms with Crippen LogP contribution in [-0.4, -0.2) is 51.3 Å². The lowest BCUT2D eigenvalue weighted by Crippen LogP contribution is -2.35. The van der Waals surface area contributed by atoms with Gasteiger partial charge in [0.1, 0.15) is 18.5 Å². The number of ether oxygens (including phenoxy) is 1. The smallest absolute Gasteiger partial charge is 0.251 e. The maximum Gasteiger partial charge on any atom is 0.251 e. The Kier molecular flexibility index (Phi) is 10.9. The van der Waals surface area contributed by atoms with Crippen molar-refractivity contribution in [1.29, 1.82) is 0 Å². The number of benzene rings is 2. The summed E-state index contributed by atoms with van der Waals surface area (Å²) in [6.07, 6.45) is -0.0606. The predicted molar refractivity (Wildman–Crippen MR) is 122 cm³/mol. The third-order valence-corrected chi connectivity index (χ3v) is 5.20. The van der Waals surface area contributed by atoms with E-state index in [1.165, 1.54) is 12.1 Å². The Balaban J connectivity index is 0.00000480. The number of carbonyl (C=O) groups is 1. The van der Waals surface area contributed by atoms with Gasteiger partial charge in [-0.05, 0) is 48.4 Å². The third kappa shape index (κ3) is 9.67. The Morgan fingerprint density at radius 2 is 1.71 bits per heavy atom. The average molecular weight is 472 g/mol. The number of nitrogens with one attached hydrogen (secondary N) is 2. The molecule has 0 radical (unpaired) electrons. The molecular formula is C21H30ClN3O5S. The number of carbonyl (C=O) groups excluding carboxylic acids is 1. The van der Waals surface area contributed by atoms with Crippen LogP contribution in [0, 0.1) is 0 Å². The number of primary sulfonamides is 1. The van der Waals surface area contributed by atoms with Crippen LogP contribution < -0.4 is 20.5 Å². The lowest BCUT2D eigenvalue weighted by atomic mass is 10.1. The first kappa shape index (κ1) is 26.9. The fourth-order valence-corrected chi connectivity index (χ4v) is 3.11. The van der Waals surface area contributed by atoms with Gasteiger partial charge in [0.15, 0.2) is 0 Å². The van der Waals surface area contributed by atoms with Gasteiger partial charge in [-0.3, -0.25) is 4.79 Å². The maximum absolute atomic E-state index is 12.3. The first-order valence-corrected chi connectivity index (χ1v) is 11.2. The van der Waals surface area contributed by atoms with Crippen LogP contribution in [0.2, 0.25) is 0 Å². The van der Waals surface area contributed by atoms with E-state index in [0.717, 1.165) is 5.56 Å². The van der Waals surface area contributed by atoms with E-state index >= 15 is 0 Å². The second-order valence-corrected chi connectivity index (χ2v) is 8.81. The van der Waals surface area contributed by atoms with Crippen molar-refractivity contribution >= 4 is 28.3 Å². The number of nitrogens with two attached hydrogens (primary N) is 1. The lowest BCUT2D eigenvalue weighted by Gasteiger charge is -2.15. The molecule has 0 spiro atoms. The number of halogens is 1. The SMILES string of the molecule is CC(C)NCC(O)COc1ccc(C(=O)NCCc2ccc(S(N)(=O)=O)cc2)cc1.Cl. The number of rotatable bonds is 11. The number of hydrogen-bond acceptors (Lipinski definition) is 6. The Hall–Kier alpha value is -2.17. The van der Waals surface area contributed by atoms with Gasteiger partial charge >= 0.3 is 0 Å². The number of aliphatic hydroxyl groups excluding tert-OH is 1. The van der Waals surface area contributed by atoms with E-state index in [-0.39, 0.29) is 29.8 Å². The molecule has 2 rings (SSSR count). The first-order chi connectivity index (χ1) is 14.1. The van der Waals surface area contributed by atoms with Gasteiger partial charge in [0.2, 0.25) is 10.0 Å². The van der Waals surface area contributed by atoms with Crippen LogP contribution in [0.4, 0.5) is 0 Å². The molecule has 0 aromatic heterocycles. The van der Waals surface area contributed by atoms with Gasteiger partial charge in [0, 0.05) is 24.7 Å². The van der Waals surface area contributed by atoms with Gasteiger partial charge in [-0.15, -0.1) is 12.4 Å². The van der Waals surface area contributed by atoms with Gasteiger partial charge in [-0.2, -0.15) is 0 Å². The molecule has 0 bridgehead atoms. The van der Waals surface area contributed by atoms with Crippen molar-refractivity contribution < 1.29 is 23.1 Å². The predicted octanol–water partition coefficient (Wildman–Crippen LogP) is 1.47. The minimum Gasteiger partial charge on any atom is -0.491 e. The molecule has 1 amide bonds. The summed E-state index contributed by atoms with van der Waals surface area (Å²) in [6, 6.07) is 13.2. The Labute approximate surface area is 189 Å². The molecule has 0 aliphatic heterocycles. The van der Waals surface area contributed by atoms with Crippen LogP contribution in [0.5, 0.6) is 5.75 Å². The van der Waals surface area contributed by atoms with Crippen LogP contribution in [-0.2, 0) is 16.4 Å². The molecule has 10 heteroatoms. The van der Waals surface area contributed by atoms with Crippen molar-refractivity contribution in [3.8, 4) is 5.75 Å². The summed E-state index contributed by atoms with van der Waals surface area (Å²) in [5.74, 6) is 0.356. The zero-order valence-corrected chi connectivity index (χ0v) is 19.2. The molecule has 0 saturated heterocycles. The van der Waals surface area contributed by atoms with Crippen molar-refractivity contribution in [2.75, 3.05) is 19.7 Å². The topological polar surface area (TPSA) is 131 Å². The fraction of sp³-hybridized carbons (Fsp3) is 0.381. The quantitative estimate of drug-likeness (QED) is 0.392. The van der Waals surface area contributed by atoms with E-state index in [0.29, 0.717) is 36.9 Å². The van der Waals surface area contributed by atoms with Gasteiger partial charge in [0.25, 0.3) is 5.91 Å². The number of sulfonamides is 1. The van der Waals surface area contributed by atoms with Crippen molar-refractivity contribution in [2.24, 2.45) is 5.14 Å². The van der Waals surface area contributed by atoms with Crippen molar-refractivity contribution in [3.05, 3.63) is 59.7 Å². The summed E-state index contributed by atoms with van der Waals surface area (Å²) in [5.41, 5.74) is 1.38. The highest BCUT2D eigenvalue weighted by atomic mass is 35.5. The summed E-state index contributed by atoms with van der Waals surface area (Å²) < 4.78 is 28.0. The number of amides is 1. The normalized spacial score (nSPS) is 12.2. The molecule has 5 N–H and O–H groups in total. The van der Waals surface area contributed by atoms with E-state index in [1.54, 1.807) is 36.4 Å². The summed E-state index contributed by atoms with van der Waals surface area (Å²) in [4.78, 5) is 12.3. The average Bonchev–Trinajstić information content (AvgIpc) is 2.70. The molecule has 1 atom stereocenters. The molecule has 8 nitrogen and oxygen atoms in total. The number of hydrogen-bond donors (Lipinski definition) is 4. The number of aliphatic hydroxyl groups is 1. The van der Waals surface area contributed by atoms with Gasteiger partial charge in [-0.1, -0.05) is 26.0 Å². The van der Waals surface area contributed by atoms with Crippen molar-refractivity contribution in [3.63, 3.8) is 0 Å². The molecule has 2 aromatic carbocycles. The summed E-state index contributed by atoms with van der Waals surface area (Å²) in [6.45, 7) is 5.02. The molecule has 2 aromatic rings. The molecule has 0 saturated carbocycles. The van der Waals surface area contributed by atoms with E-state index in [9.17, 15) is 18.3 Å². The largest absolute Gasteiger partial charge is 0.491 e. The van der Waals surface area contributed by atoms with Crippen LogP contribution in [0.15, 0.2) is 53.4 Å². The Morgan fingerprint density at radius 1 is 1.10 bits per heavy atom. The van der Waals surface area contributed by atoms with Crippen LogP contribution in [0.3, 0.4) is 0 Å². The Morgan fingerprint density at radius 3 is 2.26 bits per heavy atom. The minimum absolute atomic E-state index is 0. The van der Waals surface area contributed by atoms with E-state index in [1.807, 2.05) is 13.8 Å². The molecule has 0 aliphatic carbocycles. The zero-order valence-electron chi connectivity index (χ0n) is 17.6. The van der Waals surface area contributed by atoms with Crippen LogP contribution in [0.25, 0.3) is 0 Å².